The van der Waals surface area contributed by atoms with Crippen LogP contribution in [0.25, 0.3) is 0 Å². The Balaban J connectivity index is 3.14. The Labute approximate surface area is 225 Å². The van der Waals surface area contributed by atoms with Crippen LogP contribution in [0.5, 0.6) is 0 Å². The average molecular weight is 506 g/mol. The van der Waals surface area contributed by atoms with Crippen LogP contribution < -0.4 is 0 Å². The summed E-state index contributed by atoms with van der Waals surface area (Å²) >= 11 is 0. The van der Waals surface area contributed by atoms with Crippen LogP contribution in [0.15, 0.2) is 23.8 Å². The Morgan fingerprint density at radius 2 is 0.543 bits per heavy atom. The lowest BCUT2D eigenvalue weighted by Gasteiger charge is -2.02. The van der Waals surface area contributed by atoms with E-state index in [-0.39, 0.29) is 0 Å². The second kappa shape index (κ2) is 33.9. The van der Waals surface area contributed by atoms with Gasteiger partial charge in [-0.1, -0.05) is 192 Å². The number of unbranched alkanes of at least 4 members (excludes halogenated alkanes) is 26. The fourth-order valence-corrected chi connectivity index (χ4v) is 5.52. The Morgan fingerprint density at radius 3 is 0.800 bits per heavy atom. The van der Waals surface area contributed by atoms with Gasteiger partial charge in [0, 0.05) is 0 Å². The predicted molar refractivity (Wildman–Crippen MR) is 166 cm³/mol. The number of hydrogen-bond acceptors (Lipinski definition) is 0. The molecule has 0 amide bonds. The lowest BCUT2D eigenvalue weighted by atomic mass is 10.0. The van der Waals surface area contributed by atoms with Crippen molar-refractivity contribution in [1.29, 1.82) is 0 Å². The van der Waals surface area contributed by atoms with Gasteiger partial charge in [-0.2, -0.15) is 0 Å². The van der Waals surface area contributed by atoms with E-state index >= 15 is 0 Å². The Morgan fingerprint density at radius 1 is 0.314 bits per heavy atom. The first-order chi connectivity index (χ1) is 17.4. The Hall–Kier alpha value is -0.0900. The quantitative estimate of drug-likeness (QED) is 0.0672. The number of rotatable bonds is 30. The molecule has 35 heavy (non-hydrogen) atoms. The summed E-state index contributed by atoms with van der Waals surface area (Å²) in [5, 5.41) is 0. The van der Waals surface area contributed by atoms with Crippen molar-refractivity contribution in [2.45, 2.75) is 194 Å². The minimum absolute atomic E-state index is 1.28. The monoisotopic (exact) mass is 505 g/mol. The van der Waals surface area contributed by atoms with Gasteiger partial charge in [0.1, 0.15) is 0 Å². The van der Waals surface area contributed by atoms with E-state index in [0.717, 1.165) is 0 Å². The molecule has 0 aromatic carbocycles. The zero-order valence-corrected chi connectivity index (χ0v) is 25.5. The van der Waals surface area contributed by atoms with Crippen molar-refractivity contribution in [2.75, 3.05) is 0 Å². The lowest BCUT2D eigenvalue weighted by Crippen LogP contribution is -1.82. The predicted octanol–water partition coefficient (Wildman–Crippen LogP) is 13.9. The summed E-state index contributed by atoms with van der Waals surface area (Å²) in [4.78, 5) is 0. The molecule has 1 radical (unpaired) electrons. The van der Waals surface area contributed by atoms with Gasteiger partial charge in [0.25, 0.3) is 0 Å². The Bertz CT molecular complexity index is 373. The van der Waals surface area contributed by atoms with E-state index in [1.54, 1.807) is 0 Å². The third kappa shape index (κ3) is 33.9. The van der Waals surface area contributed by atoms with E-state index in [2.05, 4.69) is 37.6 Å². The summed E-state index contributed by atoms with van der Waals surface area (Å²) in [5.41, 5.74) is 0. The van der Waals surface area contributed by atoms with E-state index in [0.29, 0.717) is 0 Å². The highest BCUT2D eigenvalue weighted by Gasteiger charge is 1.94. The molecule has 207 valence electrons. The SMILES string of the molecule is CCCCCCCCCCCCCCCC=C[P]C=CCCCCCCCCCCCCCCC. The molecule has 0 heterocycles. The summed E-state index contributed by atoms with van der Waals surface area (Å²) in [6.07, 6.45) is 44.9. The molecule has 0 nitrogen and oxygen atoms in total. The smallest absolute Gasteiger partial charge is 0.0267 e. The number of allylic oxidation sites excluding steroid dienone is 2. The molecule has 0 aromatic rings. The third-order valence-corrected chi connectivity index (χ3v) is 8.10. The first-order valence-electron chi connectivity index (χ1n) is 16.4. The van der Waals surface area contributed by atoms with Crippen molar-refractivity contribution in [1.82, 2.24) is 0 Å². The van der Waals surface area contributed by atoms with Crippen LogP contribution in [-0.2, 0) is 0 Å². The van der Waals surface area contributed by atoms with Crippen LogP contribution in [0.4, 0.5) is 0 Å². The molecule has 0 N–H and O–H groups in total. The maximum absolute atomic E-state index is 2.40. The maximum atomic E-state index is 2.40. The van der Waals surface area contributed by atoms with Crippen molar-refractivity contribution in [3.05, 3.63) is 23.8 Å². The highest BCUT2D eigenvalue weighted by Crippen LogP contribution is 2.18. The van der Waals surface area contributed by atoms with Gasteiger partial charge in [0.05, 0.1) is 0 Å². The molecule has 0 spiro atoms. The van der Waals surface area contributed by atoms with Crippen LogP contribution in [0, 0.1) is 0 Å². The molecule has 0 saturated carbocycles. The maximum Gasteiger partial charge on any atom is -0.0267 e. The van der Waals surface area contributed by atoms with Gasteiger partial charge in [-0.3, -0.25) is 0 Å². The fourth-order valence-electron chi connectivity index (χ4n) is 4.88. The second-order valence-corrected chi connectivity index (χ2v) is 11.9. The molecule has 0 unspecified atom stereocenters. The summed E-state index contributed by atoms with van der Waals surface area (Å²) in [7, 11) is 1.38. The van der Waals surface area contributed by atoms with Crippen LogP contribution in [0.2, 0.25) is 0 Å². The molecule has 0 aliphatic rings. The average Bonchev–Trinajstić information content (AvgIpc) is 2.87. The molecule has 0 aromatic heterocycles. The van der Waals surface area contributed by atoms with Gasteiger partial charge in [-0.25, -0.2) is 0 Å². The van der Waals surface area contributed by atoms with Gasteiger partial charge in [-0.05, 0) is 34.3 Å². The van der Waals surface area contributed by atoms with Crippen molar-refractivity contribution in [3.63, 3.8) is 0 Å². The van der Waals surface area contributed by atoms with E-state index in [1.807, 2.05) is 0 Å². The molecule has 0 atom stereocenters. The van der Waals surface area contributed by atoms with Crippen molar-refractivity contribution in [3.8, 4) is 0 Å². The second-order valence-electron chi connectivity index (χ2n) is 11.0. The van der Waals surface area contributed by atoms with Gasteiger partial charge >= 0.3 is 0 Å². The minimum atomic E-state index is 1.28. The van der Waals surface area contributed by atoms with Gasteiger partial charge in [0.15, 0.2) is 0 Å². The minimum Gasteiger partial charge on any atom is -0.0834 e. The summed E-state index contributed by atoms with van der Waals surface area (Å²) in [5.74, 6) is 4.70. The molecule has 0 fully saturated rings. The van der Waals surface area contributed by atoms with E-state index in [9.17, 15) is 0 Å². The first kappa shape index (κ1) is 34.9. The summed E-state index contributed by atoms with van der Waals surface area (Å²) in [6.45, 7) is 4.60. The highest BCUT2D eigenvalue weighted by atomic mass is 31.1. The van der Waals surface area contributed by atoms with Crippen LogP contribution in [-0.4, -0.2) is 0 Å². The molecule has 0 aliphatic carbocycles. The largest absolute Gasteiger partial charge is 0.0834 e. The zero-order valence-electron chi connectivity index (χ0n) is 24.6. The van der Waals surface area contributed by atoms with E-state index in [1.165, 1.54) is 188 Å². The molecule has 0 aliphatic heterocycles. The fraction of sp³-hybridized carbons (Fsp3) is 0.882. The third-order valence-electron chi connectivity index (χ3n) is 7.33. The van der Waals surface area contributed by atoms with Crippen LogP contribution >= 0.6 is 8.58 Å². The molecule has 0 rings (SSSR count). The molecule has 0 bridgehead atoms. The molecule has 1 heteroatoms. The van der Waals surface area contributed by atoms with Crippen LogP contribution in [0.3, 0.4) is 0 Å². The highest BCUT2D eigenvalue weighted by molar-refractivity contribution is 7.45. The van der Waals surface area contributed by atoms with Crippen molar-refractivity contribution >= 4 is 8.58 Å². The first-order valence-corrected chi connectivity index (χ1v) is 17.4. The van der Waals surface area contributed by atoms with Gasteiger partial charge in [-0.15, -0.1) is 0 Å². The summed E-state index contributed by atoms with van der Waals surface area (Å²) < 4.78 is 0. The van der Waals surface area contributed by atoms with Crippen molar-refractivity contribution in [2.24, 2.45) is 0 Å². The Kier molecular flexibility index (Phi) is 33.8. The molecular formula is C34H66P. The number of hydrogen-bond donors (Lipinski definition) is 0. The standard InChI is InChI=1S/C34H66P/c1-3-5-7-9-11-13-15-17-19-21-23-25-27-29-31-33-35-34-32-30-28-26-24-22-20-18-16-14-12-10-8-6-4-2/h31-34H,3-30H2,1-2H3. The zero-order chi connectivity index (χ0) is 25.3. The van der Waals surface area contributed by atoms with Gasteiger partial charge < -0.3 is 0 Å². The van der Waals surface area contributed by atoms with E-state index in [4.69, 9.17) is 0 Å². The van der Waals surface area contributed by atoms with Crippen LogP contribution in [0.1, 0.15) is 194 Å². The van der Waals surface area contributed by atoms with Gasteiger partial charge in [0.2, 0.25) is 0 Å². The lowest BCUT2D eigenvalue weighted by molar-refractivity contribution is 0.540. The normalized spacial score (nSPS) is 12.3. The van der Waals surface area contributed by atoms with Crippen molar-refractivity contribution < 1.29 is 0 Å². The molecular weight excluding hydrogens is 439 g/mol. The molecule has 0 saturated heterocycles. The topological polar surface area (TPSA) is 0 Å². The summed E-state index contributed by atoms with van der Waals surface area (Å²) in [6, 6.07) is 0. The van der Waals surface area contributed by atoms with E-state index < -0.39 is 0 Å².